The minimum atomic E-state index is -2.66. The van der Waals surface area contributed by atoms with Crippen LogP contribution in [-0.4, -0.2) is 29.5 Å². The van der Waals surface area contributed by atoms with Gasteiger partial charge < -0.3 is 11.1 Å². The van der Waals surface area contributed by atoms with Gasteiger partial charge in [-0.1, -0.05) is 0 Å². The van der Waals surface area contributed by atoms with Crippen molar-refractivity contribution >= 4 is 15.3 Å². The topological polar surface area (TPSA) is 18.5 Å². The molecule has 36 valence electrons. The molecular formula is C2H6AlFO2. The molecule has 0 fully saturated rings. The summed E-state index contributed by atoms with van der Waals surface area (Å²) in [5.41, 5.74) is 0. The van der Waals surface area contributed by atoms with Crippen LogP contribution in [0.4, 0.5) is 3.52 Å². The van der Waals surface area contributed by atoms with E-state index in [1.54, 1.807) is 0 Å². The van der Waals surface area contributed by atoms with Crippen LogP contribution in [0.25, 0.3) is 0 Å². The zero-order valence-electron chi connectivity index (χ0n) is 3.77. The van der Waals surface area contributed by atoms with Crippen LogP contribution >= 0.6 is 0 Å². The van der Waals surface area contributed by atoms with Gasteiger partial charge in [-0.25, -0.2) is 0 Å². The highest BCUT2D eigenvalue weighted by Crippen LogP contribution is 1.80. The van der Waals surface area contributed by atoms with Crippen molar-refractivity contribution in [3.63, 3.8) is 0 Å². The van der Waals surface area contributed by atoms with Gasteiger partial charge in [-0.15, -0.1) is 0 Å². The van der Waals surface area contributed by atoms with Gasteiger partial charge in [0.1, 0.15) is 0 Å². The molecule has 0 radical (unpaired) electrons. The molecule has 0 aliphatic heterocycles. The van der Waals surface area contributed by atoms with E-state index >= 15 is 0 Å². The van der Waals surface area contributed by atoms with Gasteiger partial charge in [0.2, 0.25) is 0 Å². The van der Waals surface area contributed by atoms with Gasteiger partial charge in [-0.2, -0.15) is 0 Å². The minimum absolute atomic E-state index is 1.29. The summed E-state index contributed by atoms with van der Waals surface area (Å²) in [4.78, 5) is 0. The Morgan fingerprint density at radius 1 is 1.33 bits per heavy atom. The van der Waals surface area contributed by atoms with Crippen molar-refractivity contribution in [2.45, 2.75) is 0 Å². The number of hydrogen-bond donors (Lipinski definition) is 0. The SMILES string of the molecule is C[O][Al]([F])[O]C. The van der Waals surface area contributed by atoms with E-state index in [1.165, 1.54) is 14.2 Å². The van der Waals surface area contributed by atoms with E-state index in [0.717, 1.165) is 0 Å². The Morgan fingerprint density at radius 3 is 1.67 bits per heavy atom. The highest BCUT2D eigenvalue weighted by atomic mass is 27.3. The fourth-order valence-corrected chi connectivity index (χ4v) is 0.289. The highest BCUT2D eigenvalue weighted by molar-refractivity contribution is 6.35. The molecule has 0 bridgehead atoms. The van der Waals surface area contributed by atoms with Gasteiger partial charge in [0.05, 0.1) is 0 Å². The lowest BCUT2D eigenvalue weighted by Crippen LogP contribution is -2.10. The summed E-state index contributed by atoms with van der Waals surface area (Å²) >= 11 is -2.66. The first-order valence-electron chi connectivity index (χ1n) is 1.51. The smallest absolute Gasteiger partial charge is 0.454 e. The van der Waals surface area contributed by atoms with Gasteiger partial charge in [0.25, 0.3) is 0 Å². The fourth-order valence-electron chi connectivity index (χ4n) is 0.0962. The maximum Gasteiger partial charge on any atom is 0.949 e. The second-order valence-corrected chi connectivity index (χ2v) is 2.24. The van der Waals surface area contributed by atoms with Crippen LogP contribution < -0.4 is 0 Å². The zero-order valence-corrected chi connectivity index (χ0v) is 4.93. The molecule has 0 saturated carbocycles. The van der Waals surface area contributed by atoms with E-state index in [4.69, 9.17) is 0 Å². The predicted molar refractivity (Wildman–Crippen MR) is 20.9 cm³/mol. The minimum Gasteiger partial charge on any atom is -0.454 e. The Bertz CT molecular complexity index is 30.7. The van der Waals surface area contributed by atoms with Crippen molar-refractivity contribution in [1.29, 1.82) is 0 Å². The quantitative estimate of drug-likeness (QED) is 0.471. The molecule has 0 rings (SSSR count). The van der Waals surface area contributed by atoms with Crippen LogP contribution in [-0.2, 0) is 7.58 Å². The molecule has 0 aromatic carbocycles. The van der Waals surface area contributed by atoms with Crippen LogP contribution in [0.2, 0.25) is 0 Å². The summed E-state index contributed by atoms with van der Waals surface area (Å²) < 4.78 is 19.9. The van der Waals surface area contributed by atoms with Crippen LogP contribution in [0.15, 0.2) is 0 Å². The van der Waals surface area contributed by atoms with Gasteiger partial charge in [0.15, 0.2) is 0 Å². The lowest BCUT2D eigenvalue weighted by atomic mass is 11.8. The summed E-state index contributed by atoms with van der Waals surface area (Å²) in [7, 11) is 2.58. The fraction of sp³-hybridized carbons (Fsp3) is 1.00. The number of halogens is 1. The third-order valence-electron chi connectivity index (χ3n) is 0.371. The third-order valence-corrected chi connectivity index (χ3v) is 1.11. The molecule has 0 N–H and O–H groups in total. The van der Waals surface area contributed by atoms with E-state index < -0.39 is 15.3 Å². The average molecular weight is 108 g/mol. The van der Waals surface area contributed by atoms with Crippen molar-refractivity contribution in [3.05, 3.63) is 0 Å². The van der Waals surface area contributed by atoms with E-state index in [0.29, 0.717) is 0 Å². The van der Waals surface area contributed by atoms with Crippen LogP contribution in [0.3, 0.4) is 0 Å². The summed E-state index contributed by atoms with van der Waals surface area (Å²) in [5, 5.41) is 0. The molecule has 0 atom stereocenters. The lowest BCUT2D eigenvalue weighted by Gasteiger charge is -1.89. The first-order chi connectivity index (χ1) is 2.81. The Hall–Kier alpha value is 0.382. The summed E-state index contributed by atoms with van der Waals surface area (Å²) in [6, 6.07) is 0. The van der Waals surface area contributed by atoms with E-state index in [2.05, 4.69) is 7.58 Å². The first-order valence-corrected chi connectivity index (χ1v) is 2.89. The van der Waals surface area contributed by atoms with Crippen molar-refractivity contribution in [1.82, 2.24) is 0 Å². The maximum atomic E-state index is 11.6. The molecule has 2 nitrogen and oxygen atoms in total. The molecule has 0 aromatic rings. The summed E-state index contributed by atoms with van der Waals surface area (Å²) in [6.07, 6.45) is 0. The van der Waals surface area contributed by atoms with Gasteiger partial charge >= 0.3 is 15.3 Å². The van der Waals surface area contributed by atoms with Crippen LogP contribution in [0, 0.1) is 0 Å². The average Bonchev–Trinajstić information content (AvgIpc) is 1.65. The Balaban J connectivity index is 2.75. The molecule has 0 amide bonds. The van der Waals surface area contributed by atoms with Crippen molar-refractivity contribution in [2.75, 3.05) is 14.2 Å². The Morgan fingerprint density at radius 2 is 1.67 bits per heavy atom. The molecule has 6 heavy (non-hydrogen) atoms. The van der Waals surface area contributed by atoms with Crippen molar-refractivity contribution in [3.8, 4) is 0 Å². The molecule has 0 spiro atoms. The lowest BCUT2D eigenvalue weighted by molar-refractivity contribution is 0.233. The largest absolute Gasteiger partial charge is 0.949 e. The van der Waals surface area contributed by atoms with Crippen molar-refractivity contribution in [2.24, 2.45) is 0 Å². The summed E-state index contributed by atoms with van der Waals surface area (Å²) in [5.74, 6) is 0. The number of rotatable bonds is 2. The first kappa shape index (κ1) is 6.38. The molecule has 0 heterocycles. The second-order valence-electron chi connectivity index (χ2n) is 0.746. The van der Waals surface area contributed by atoms with Crippen LogP contribution in [0.1, 0.15) is 0 Å². The predicted octanol–water partition coefficient (Wildman–Crippen LogP) is 0.234. The number of hydrogen-bond acceptors (Lipinski definition) is 2. The van der Waals surface area contributed by atoms with Gasteiger partial charge in [-0.3, -0.25) is 0 Å². The molecule has 0 aromatic heterocycles. The van der Waals surface area contributed by atoms with E-state index in [9.17, 15) is 3.52 Å². The van der Waals surface area contributed by atoms with E-state index in [-0.39, 0.29) is 0 Å². The Labute approximate surface area is 41.4 Å². The van der Waals surface area contributed by atoms with Gasteiger partial charge in [0, 0.05) is 14.2 Å². The zero-order chi connectivity index (χ0) is 4.99. The normalized spacial score (nSPS) is 8.50. The Kier molecular flexibility index (Phi) is 3.80. The van der Waals surface area contributed by atoms with Crippen LogP contribution in [0.5, 0.6) is 0 Å². The molecule has 0 aliphatic carbocycles. The standard InChI is InChI=1S/2CH3O.Al.FH/c2*1-2;;/h2*1H3;;1H/q2*-1;+3;/p-1. The molecule has 0 saturated heterocycles. The summed E-state index contributed by atoms with van der Waals surface area (Å²) in [6.45, 7) is 0. The molecule has 0 aliphatic rings. The van der Waals surface area contributed by atoms with Crippen molar-refractivity contribution < 1.29 is 11.1 Å². The molecule has 4 heteroatoms. The highest BCUT2D eigenvalue weighted by Gasteiger charge is 2.23. The van der Waals surface area contributed by atoms with E-state index in [1.807, 2.05) is 0 Å². The van der Waals surface area contributed by atoms with Gasteiger partial charge in [-0.05, 0) is 0 Å². The monoisotopic (exact) mass is 108 g/mol. The second kappa shape index (κ2) is 3.57. The third kappa shape index (κ3) is 2.61. The molecular weight excluding hydrogens is 102 g/mol. The maximum absolute atomic E-state index is 11.6. The molecule has 0 unspecified atom stereocenters.